The molecule has 0 heterocycles. The molecule has 10 heteroatoms. The van der Waals surface area contributed by atoms with Gasteiger partial charge in [-0.3, -0.25) is 18.7 Å². The van der Waals surface area contributed by atoms with Crippen LogP contribution in [-0.2, 0) is 26.2 Å². The lowest BCUT2D eigenvalue weighted by atomic mass is 10.1. The summed E-state index contributed by atoms with van der Waals surface area (Å²) in [6, 6.07) is 12.5. The molecule has 1 saturated carbocycles. The van der Waals surface area contributed by atoms with Crippen LogP contribution in [0.25, 0.3) is 0 Å². The first-order chi connectivity index (χ1) is 17.5. The zero-order valence-electron chi connectivity index (χ0n) is 21.8. The first kappa shape index (κ1) is 28.2. The molecule has 1 aliphatic carbocycles. The number of methoxy groups -OCH3 is 1. The largest absolute Gasteiger partial charge is 0.497 e. The van der Waals surface area contributed by atoms with Crippen molar-refractivity contribution in [2.75, 3.05) is 24.2 Å². The van der Waals surface area contributed by atoms with Gasteiger partial charge in [0.1, 0.15) is 18.3 Å². The van der Waals surface area contributed by atoms with Crippen molar-refractivity contribution in [1.29, 1.82) is 0 Å². The molecule has 0 unspecified atom stereocenters. The summed E-state index contributed by atoms with van der Waals surface area (Å²) in [5.41, 5.74) is 1.30. The van der Waals surface area contributed by atoms with Gasteiger partial charge >= 0.3 is 0 Å². The molecule has 1 aliphatic rings. The van der Waals surface area contributed by atoms with Gasteiger partial charge < -0.3 is 15.0 Å². The fraction of sp³-hybridized carbons (Fsp3) is 0.444. The summed E-state index contributed by atoms with van der Waals surface area (Å²) in [7, 11) is -2.32. The summed E-state index contributed by atoms with van der Waals surface area (Å²) in [6.45, 7) is 2.62. The van der Waals surface area contributed by atoms with Crippen LogP contribution in [0.2, 0.25) is 0 Å². The van der Waals surface area contributed by atoms with Crippen molar-refractivity contribution in [3.05, 3.63) is 59.7 Å². The van der Waals surface area contributed by atoms with E-state index in [1.165, 1.54) is 24.0 Å². The molecule has 1 atom stereocenters. The predicted octanol–water partition coefficient (Wildman–Crippen LogP) is 3.14. The summed E-state index contributed by atoms with van der Waals surface area (Å²) < 4.78 is 31.6. The highest BCUT2D eigenvalue weighted by Crippen LogP contribution is 2.22. The number of ether oxygens (including phenoxy) is 1. The number of carbonyl (C=O) groups excluding carboxylic acids is 3. The Labute approximate surface area is 218 Å². The van der Waals surface area contributed by atoms with Crippen LogP contribution >= 0.6 is 0 Å². The number of amides is 2. The topological polar surface area (TPSA) is 113 Å². The lowest BCUT2D eigenvalue weighted by molar-refractivity contribution is -0.139. The Morgan fingerprint density at radius 1 is 1.08 bits per heavy atom. The summed E-state index contributed by atoms with van der Waals surface area (Å²) in [5.74, 6) is -0.385. The summed E-state index contributed by atoms with van der Waals surface area (Å²) in [4.78, 5) is 40.0. The minimum atomic E-state index is -3.88. The van der Waals surface area contributed by atoms with Crippen LogP contribution < -0.4 is 14.4 Å². The van der Waals surface area contributed by atoms with E-state index >= 15 is 0 Å². The fourth-order valence-corrected chi connectivity index (χ4v) is 5.24. The maximum atomic E-state index is 13.7. The maximum absolute atomic E-state index is 13.7. The van der Waals surface area contributed by atoms with Gasteiger partial charge in [0.2, 0.25) is 21.8 Å². The second-order valence-corrected chi connectivity index (χ2v) is 11.3. The zero-order valence-corrected chi connectivity index (χ0v) is 22.6. The number of rotatable bonds is 11. The lowest BCUT2D eigenvalue weighted by Crippen LogP contribution is -2.52. The molecule has 0 aromatic heterocycles. The molecular weight excluding hydrogens is 494 g/mol. The summed E-state index contributed by atoms with van der Waals surface area (Å²) in [5, 5.41) is 3.03. The second-order valence-electron chi connectivity index (χ2n) is 9.41. The summed E-state index contributed by atoms with van der Waals surface area (Å²) >= 11 is 0. The van der Waals surface area contributed by atoms with E-state index in [1.807, 2.05) is 0 Å². The molecule has 1 fully saturated rings. The van der Waals surface area contributed by atoms with Crippen molar-refractivity contribution < 1.29 is 27.5 Å². The van der Waals surface area contributed by atoms with Gasteiger partial charge in [0.25, 0.3) is 0 Å². The molecule has 3 rings (SSSR count). The molecular formula is C27H35N3O6S. The Morgan fingerprint density at radius 3 is 2.30 bits per heavy atom. The molecule has 0 aliphatic heterocycles. The normalized spacial score (nSPS) is 14.6. The third-order valence-corrected chi connectivity index (χ3v) is 7.74. The lowest BCUT2D eigenvalue weighted by Gasteiger charge is -2.32. The standard InChI is InChI=1S/C27H35N3O6S/c1-19(27(33)28-23-9-5-6-10-23)29(17-21-12-14-25(36-3)15-13-21)26(32)18-30(37(4,34)35)24-11-7-8-22(16-24)20(2)31/h7-8,11-16,19,23H,5-6,9-10,17-18H2,1-4H3,(H,28,33)/t19-/m0/s1. The van der Waals surface area contributed by atoms with Crippen molar-refractivity contribution in [2.24, 2.45) is 0 Å². The Bertz CT molecular complexity index is 1220. The highest BCUT2D eigenvalue weighted by atomic mass is 32.2. The van der Waals surface area contributed by atoms with Crippen LogP contribution in [0.4, 0.5) is 5.69 Å². The average Bonchev–Trinajstić information content (AvgIpc) is 3.38. The van der Waals surface area contributed by atoms with Crippen molar-refractivity contribution in [3.8, 4) is 5.75 Å². The van der Waals surface area contributed by atoms with Gasteiger partial charge in [-0.05, 0) is 56.5 Å². The van der Waals surface area contributed by atoms with Crippen molar-refractivity contribution in [3.63, 3.8) is 0 Å². The highest BCUT2D eigenvalue weighted by molar-refractivity contribution is 7.92. The zero-order chi connectivity index (χ0) is 27.2. The van der Waals surface area contributed by atoms with Crippen molar-refractivity contribution >= 4 is 33.3 Å². The van der Waals surface area contributed by atoms with Crippen LogP contribution in [-0.4, -0.2) is 62.9 Å². The number of ketones is 1. The number of nitrogens with zero attached hydrogens (tertiary/aromatic N) is 2. The van der Waals surface area contributed by atoms with Crippen LogP contribution in [0.3, 0.4) is 0 Å². The molecule has 1 N–H and O–H groups in total. The fourth-order valence-electron chi connectivity index (χ4n) is 4.40. The van der Waals surface area contributed by atoms with Gasteiger partial charge in [-0.25, -0.2) is 8.42 Å². The van der Waals surface area contributed by atoms with E-state index in [0.717, 1.165) is 41.8 Å². The highest BCUT2D eigenvalue weighted by Gasteiger charge is 2.31. The van der Waals surface area contributed by atoms with E-state index in [9.17, 15) is 22.8 Å². The number of hydrogen-bond acceptors (Lipinski definition) is 6. The Balaban J connectivity index is 1.90. The molecule has 2 amide bonds. The molecule has 0 radical (unpaired) electrons. The molecule has 9 nitrogen and oxygen atoms in total. The number of anilines is 1. The van der Waals surface area contributed by atoms with Crippen LogP contribution in [0, 0.1) is 0 Å². The van der Waals surface area contributed by atoms with E-state index in [0.29, 0.717) is 11.3 Å². The first-order valence-corrected chi connectivity index (χ1v) is 14.2. The van der Waals surface area contributed by atoms with Crippen LogP contribution in [0.15, 0.2) is 48.5 Å². The molecule has 37 heavy (non-hydrogen) atoms. The molecule has 2 aromatic rings. The maximum Gasteiger partial charge on any atom is 0.244 e. The van der Waals surface area contributed by atoms with Crippen molar-refractivity contribution in [1.82, 2.24) is 10.2 Å². The Hall–Kier alpha value is -3.40. The number of hydrogen-bond donors (Lipinski definition) is 1. The number of carbonyl (C=O) groups is 3. The smallest absolute Gasteiger partial charge is 0.244 e. The molecule has 0 bridgehead atoms. The molecule has 0 spiro atoms. The predicted molar refractivity (Wildman–Crippen MR) is 142 cm³/mol. The Morgan fingerprint density at radius 2 is 1.73 bits per heavy atom. The van der Waals surface area contributed by atoms with Gasteiger partial charge in [-0.15, -0.1) is 0 Å². The van der Waals surface area contributed by atoms with Gasteiger partial charge in [-0.1, -0.05) is 37.1 Å². The molecule has 2 aromatic carbocycles. The molecule has 200 valence electrons. The minimum Gasteiger partial charge on any atom is -0.497 e. The number of nitrogens with one attached hydrogen (secondary N) is 1. The monoisotopic (exact) mass is 529 g/mol. The third kappa shape index (κ3) is 7.55. The molecule has 0 saturated heterocycles. The quantitative estimate of drug-likeness (QED) is 0.448. The van der Waals surface area contributed by atoms with E-state index < -0.39 is 28.5 Å². The summed E-state index contributed by atoms with van der Waals surface area (Å²) in [6.07, 6.45) is 4.91. The minimum absolute atomic E-state index is 0.0785. The second kappa shape index (κ2) is 12.2. The van der Waals surface area contributed by atoms with Crippen LogP contribution in [0.1, 0.15) is 55.5 Å². The number of benzene rings is 2. The van der Waals surface area contributed by atoms with Gasteiger partial charge in [0.05, 0.1) is 19.1 Å². The van der Waals surface area contributed by atoms with E-state index in [1.54, 1.807) is 50.4 Å². The number of Topliss-reactive ketones (excluding diaryl/α,β-unsaturated/α-hetero) is 1. The number of sulfonamides is 1. The van der Waals surface area contributed by atoms with Gasteiger partial charge in [-0.2, -0.15) is 0 Å². The van der Waals surface area contributed by atoms with E-state index in [-0.39, 0.29) is 30.0 Å². The van der Waals surface area contributed by atoms with Crippen molar-refractivity contribution in [2.45, 2.75) is 58.2 Å². The SMILES string of the molecule is COc1ccc(CN(C(=O)CN(c2cccc(C(C)=O)c2)S(C)(=O)=O)[C@@H](C)C(=O)NC2CCCC2)cc1. The first-order valence-electron chi connectivity index (χ1n) is 12.3. The van der Waals surface area contributed by atoms with Gasteiger partial charge in [0.15, 0.2) is 5.78 Å². The average molecular weight is 530 g/mol. The van der Waals surface area contributed by atoms with Gasteiger partial charge in [0, 0.05) is 18.2 Å². The third-order valence-electron chi connectivity index (χ3n) is 6.60. The van der Waals surface area contributed by atoms with E-state index in [2.05, 4.69) is 5.32 Å². The van der Waals surface area contributed by atoms with E-state index in [4.69, 9.17) is 4.74 Å². The Kier molecular flexibility index (Phi) is 9.31. The van der Waals surface area contributed by atoms with Crippen LogP contribution in [0.5, 0.6) is 5.75 Å².